The molecule has 1 atom stereocenters. The van der Waals surface area contributed by atoms with Crippen molar-refractivity contribution in [1.29, 1.82) is 0 Å². The minimum absolute atomic E-state index is 0.0429. The number of carboxylic acids is 1. The number of rotatable bonds is 8. The molecule has 0 spiro atoms. The lowest BCUT2D eigenvalue weighted by atomic mass is 9.99. The van der Waals surface area contributed by atoms with Gasteiger partial charge in [-0.05, 0) is 18.8 Å². The molecule has 0 saturated carbocycles. The first-order valence-corrected chi connectivity index (χ1v) is 8.56. The van der Waals surface area contributed by atoms with E-state index >= 15 is 0 Å². The highest BCUT2D eigenvalue weighted by molar-refractivity contribution is 7.88. The highest BCUT2D eigenvalue weighted by Crippen LogP contribution is 2.19. The third kappa shape index (κ3) is 6.17. The van der Waals surface area contributed by atoms with Gasteiger partial charge >= 0.3 is 5.97 Å². The summed E-state index contributed by atoms with van der Waals surface area (Å²) in [5, 5.41) is 8.91. The lowest BCUT2D eigenvalue weighted by molar-refractivity contribution is -0.138. The van der Waals surface area contributed by atoms with Crippen LogP contribution in [-0.2, 0) is 19.6 Å². The van der Waals surface area contributed by atoms with Crippen molar-refractivity contribution in [1.82, 2.24) is 9.21 Å². The van der Waals surface area contributed by atoms with Gasteiger partial charge in [0, 0.05) is 33.3 Å². The molecule has 1 aliphatic heterocycles. The van der Waals surface area contributed by atoms with Crippen molar-refractivity contribution in [3.8, 4) is 0 Å². The molecule has 0 aliphatic carbocycles. The topological polar surface area (TPSA) is 87.2 Å². The number of aliphatic carboxylic acids is 1. The molecule has 1 fully saturated rings. The van der Waals surface area contributed by atoms with Gasteiger partial charge < -0.3 is 9.84 Å². The number of ether oxygens (including phenoxy) is 1. The molecule has 1 saturated heterocycles. The van der Waals surface area contributed by atoms with Crippen LogP contribution < -0.4 is 0 Å². The molecule has 1 heterocycles. The Morgan fingerprint density at radius 3 is 2.75 bits per heavy atom. The highest BCUT2D eigenvalue weighted by atomic mass is 32.2. The van der Waals surface area contributed by atoms with E-state index < -0.39 is 16.0 Å². The second kappa shape index (κ2) is 7.92. The Labute approximate surface area is 120 Å². The lowest BCUT2D eigenvalue weighted by Crippen LogP contribution is -2.44. The molecule has 8 heteroatoms. The molecule has 0 aromatic heterocycles. The molecular formula is C12H24N2O5S. The van der Waals surface area contributed by atoms with Crippen molar-refractivity contribution < 1.29 is 23.1 Å². The maximum absolute atomic E-state index is 11.6. The number of nitrogens with zero attached hydrogens (tertiary/aromatic N) is 2. The van der Waals surface area contributed by atoms with E-state index in [9.17, 15) is 13.2 Å². The van der Waals surface area contributed by atoms with Crippen LogP contribution in [0.1, 0.15) is 12.8 Å². The van der Waals surface area contributed by atoms with Crippen molar-refractivity contribution in [3.05, 3.63) is 0 Å². The summed E-state index contributed by atoms with van der Waals surface area (Å²) in [6, 6.07) is 0. The summed E-state index contributed by atoms with van der Waals surface area (Å²) in [6.07, 6.45) is 2.97. The average Bonchev–Trinajstić information content (AvgIpc) is 2.34. The quantitative estimate of drug-likeness (QED) is 0.662. The summed E-state index contributed by atoms with van der Waals surface area (Å²) < 4.78 is 29.6. The van der Waals surface area contributed by atoms with Gasteiger partial charge in [-0.25, -0.2) is 12.7 Å². The van der Waals surface area contributed by atoms with Crippen molar-refractivity contribution in [2.75, 3.05) is 52.7 Å². The summed E-state index contributed by atoms with van der Waals surface area (Å²) in [4.78, 5) is 12.7. The molecule has 1 rings (SSSR count). The number of hydrogen-bond donors (Lipinski definition) is 1. The molecule has 0 radical (unpaired) electrons. The molecule has 1 N–H and O–H groups in total. The van der Waals surface area contributed by atoms with Gasteiger partial charge in [0.15, 0.2) is 0 Å². The Morgan fingerprint density at radius 1 is 1.50 bits per heavy atom. The monoisotopic (exact) mass is 308 g/mol. The van der Waals surface area contributed by atoms with E-state index in [1.807, 2.05) is 4.90 Å². The van der Waals surface area contributed by atoms with Crippen LogP contribution in [0, 0.1) is 5.92 Å². The fraction of sp³-hybridized carbons (Fsp3) is 0.917. The van der Waals surface area contributed by atoms with Crippen molar-refractivity contribution >= 4 is 16.0 Å². The average molecular weight is 308 g/mol. The SMILES string of the molecule is COCCN(CC(=O)O)CC1CCCN(S(C)(=O)=O)C1. The maximum atomic E-state index is 11.6. The molecule has 0 aromatic carbocycles. The third-order valence-electron chi connectivity index (χ3n) is 3.44. The molecule has 0 bridgehead atoms. The van der Waals surface area contributed by atoms with Gasteiger partial charge in [0.2, 0.25) is 10.0 Å². The summed E-state index contributed by atoms with van der Waals surface area (Å²) >= 11 is 0. The van der Waals surface area contributed by atoms with Gasteiger partial charge in [-0.2, -0.15) is 0 Å². The summed E-state index contributed by atoms with van der Waals surface area (Å²) in [7, 11) is -1.59. The summed E-state index contributed by atoms with van der Waals surface area (Å²) in [5.41, 5.74) is 0. The van der Waals surface area contributed by atoms with E-state index in [1.54, 1.807) is 7.11 Å². The number of hydrogen-bond acceptors (Lipinski definition) is 5. The highest BCUT2D eigenvalue weighted by Gasteiger charge is 2.27. The fourth-order valence-electron chi connectivity index (χ4n) is 2.49. The van der Waals surface area contributed by atoms with Gasteiger partial charge in [-0.1, -0.05) is 0 Å². The molecular weight excluding hydrogens is 284 g/mol. The molecule has 118 valence electrons. The Bertz CT molecular complexity index is 412. The summed E-state index contributed by atoms with van der Waals surface area (Å²) in [6.45, 7) is 2.59. The minimum atomic E-state index is -3.16. The van der Waals surface area contributed by atoms with E-state index in [2.05, 4.69) is 0 Å². The first-order chi connectivity index (χ1) is 9.32. The zero-order valence-corrected chi connectivity index (χ0v) is 12.9. The van der Waals surface area contributed by atoms with Crippen LogP contribution in [0.4, 0.5) is 0 Å². The van der Waals surface area contributed by atoms with E-state index in [0.717, 1.165) is 12.8 Å². The van der Waals surface area contributed by atoms with Crippen LogP contribution in [0.3, 0.4) is 0 Å². The Balaban J connectivity index is 2.56. The smallest absolute Gasteiger partial charge is 0.317 e. The standard InChI is InChI=1S/C12H24N2O5S/c1-19-7-6-13(10-12(15)16)8-11-4-3-5-14(9-11)20(2,17)18/h11H,3-10H2,1-2H3,(H,15,16). The van der Waals surface area contributed by atoms with Gasteiger partial charge in [-0.15, -0.1) is 0 Å². The Hall–Kier alpha value is -0.700. The fourth-order valence-corrected chi connectivity index (χ4v) is 3.43. The van der Waals surface area contributed by atoms with Crippen LogP contribution in [-0.4, -0.2) is 81.4 Å². The zero-order chi connectivity index (χ0) is 15.2. The number of sulfonamides is 1. The second-order valence-electron chi connectivity index (χ2n) is 5.25. The van der Waals surface area contributed by atoms with E-state index in [4.69, 9.17) is 9.84 Å². The van der Waals surface area contributed by atoms with Crippen molar-refractivity contribution in [2.45, 2.75) is 12.8 Å². The van der Waals surface area contributed by atoms with Crippen molar-refractivity contribution in [2.24, 2.45) is 5.92 Å². The maximum Gasteiger partial charge on any atom is 0.317 e. The number of piperidine rings is 1. The normalized spacial score (nSPS) is 21.2. The van der Waals surface area contributed by atoms with Gasteiger partial charge in [0.05, 0.1) is 19.4 Å². The first kappa shape index (κ1) is 17.4. The van der Waals surface area contributed by atoms with E-state index in [1.165, 1.54) is 10.6 Å². The first-order valence-electron chi connectivity index (χ1n) is 6.71. The van der Waals surface area contributed by atoms with Crippen LogP contribution in [0.2, 0.25) is 0 Å². The predicted molar refractivity (Wildman–Crippen MR) is 75.1 cm³/mol. The summed E-state index contributed by atoms with van der Waals surface area (Å²) in [5.74, 6) is -0.702. The van der Waals surface area contributed by atoms with Gasteiger partial charge in [0.1, 0.15) is 0 Å². The zero-order valence-electron chi connectivity index (χ0n) is 12.1. The van der Waals surface area contributed by atoms with Gasteiger partial charge in [-0.3, -0.25) is 9.69 Å². The van der Waals surface area contributed by atoms with Crippen molar-refractivity contribution in [3.63, 3.8) is 0 Å². The molecule has 0 amide bonds. The molecule has 20 heavy (non-hydrogen) atoms. The minimum Gasteiger partial charge on any atom is -0.480 e. The molecule has 7 nitrogen and oxygen atoms in total. The van der Waals surface area contributed by atoms with Gasteiger partial charge in [0.25, 0.3) is 0 Å². The number of carbonyl (C=O) groups is 1. The number of methoxy groups -OCH3 is 1. The molecule has 0 aromatic rings. The Kier molecular flexibility index (Phi) is 6.87. The van der Waals surface area contributed by atoms with E-state index in [0.29, 0.717) is 32.8 Å². The van der Waals surface area contributed by atoms with Crippen LogP contribution in [0.25, 0.3) is 0 Å². The number of carboxylic acid groups (broad SMARTS) is 1. The molecule has 1 aliphatic rings. The van der Waals surface area contributed by atoms with Crippen LogP contribution in [0.15, 0.2) is 0 Å². The lowest BCUT2D eigenvalue weighted by Gasteiger charge is -2.33. The third-order valence-corrected chi connectivity index (χ3v) is 4.71. The Morgan fingerprint density at radius 2 is 2.20 bits per heavy atom. The molecule has 1 unspecified atom stereocenters. The largest absolute Gasteiger partial charge is 0.480 e. The van der Waals surface area contributed by atoms with E-state index in [-0.39, 0.29) is 12.5 Å². The predicted octanol–water partition coefficient (Wildman–Crippen LogP) is -0.309. The second-order valence-corrected chi connectivity index (χ2v) is 7.23. The van der Waals surface area contributed by atoms with Crippen LogP contribution >= 0.6 is 0 Å². The van der Waals surface area contributed by atoms with Crippen LogP contribution in [0.5, 0.6) is 0 Å².